The molecule has 0 aliphatic carbocycles. The van der Waals surface area contributed by atoms with E-state index in [4.69, 9.17) is 16.3 Å². The first-order valence-corrected chi connectivity index (χ1v) is 8.41. The Hall–Kier alpha value is -2.35. The summed E-state index contributed by atoms with van der Waals surface area (Å²) in [4.78, 5) is 24.7. The molecule has 0 saturated heterocycles. The summed E-state index contributed by atoms with van der Waals surface area (Å²) in [6.45, 7) is 9.38. The van der Waals surface area contributed by atoms with Gasteiger partial charge in [0.15, 0.2) is 5.69 Å². The summed E-state index contributed by atoms with van der Waals surface area (Å²) in [6, 6.07) is -0.606. The molecule has 9 heteroatoms. The van der Waals surface area contributed by atoms with E-state index in [1.54, 1.807) is 44.8 Å². The number of aromatic nitrogens is 4. The molecule has 136 valence electrons. The summed E-state index contributed by atoms with van der Waals surface area (Å²) in [5, 5.41) is 11.6. The summed E-state index contributed by atoms with van der Waals surface area (Å²) in [6.07, 6.45) is 2.91. The van der Waals surface area contributed by atoms with Gasteiger partial charge in [-0.1, -0.05) is 11.6 Å². The highest BCUT2D eigenvalue weighted by atomic mass is 35.5. The highest BCUT2D eigenvalue weighted by molar-refractivity contribution is 6.31. The van der Waals surface area contributed by atoms with Gasteiger partial charge in [-0.2, -0.15) is 10.2 Å². The van der Waals surface area contributed by atoms with Crippen LogP contribution in [-0.4, -0.2) is 37.5 Å². The molecule has 0 aromatic carbocycles. The molecule has 1 amide bonds. The van der Waals surface area contributed by atoms with Gasteiger partial charge in [-0.3, -0.25) is 14.2 Å². The van der Waals surface area contributed by atoms with Gasteiger partial charge < -0.3 is 10.1 Å². The Labute approximate surface area is 151 Å². The zero-order valence-corrected chi connectivity index (χ0v) is 15.7. The third-order valence-corrected chi connectivity index (χ3v) is 3.88. The highest BCUT2D eigenvalue weighted by Crippen LogP contribution is 2.20. The van der Waals surface area contributed by atoms with E-state index in [0.717, 1.165) is 0 Å². The molecule has 0 saturated carbocycles. The Morgan fingerprint density at radius 3 is 2.48 bits per heavy atom. The first kappa shape index (κ1) is 19.0. The molecule has 0 radical (unpaired) electrons. The number of rotatable bonds is 6. The van der Waals surface area contributed by atoms with Crippen LogP contribution in [0.2, 0.25) is 5.02 Å². The van der Waals surface area contributed by atoms with Crippen molar-refractivity contribution in [2.45, 2.75) is 53.3 Å². The molecule has 8 nitrogen and oxygen atoms in total. The van der Waals surface area contributed by atoms with Crippen LogP contribution >= 0.6 is 11.6 Å². The summed E-state index contributed by atoms with van der Waals surface area (Å²) < 4.78 is 8.22. The lowest BCUT2D eigenvalue weighted by molar-refractivity contribution is -0.119. The minimum atomic E-state index is -0.606. The molecule has 1 unspecified atom stereocenters. The topological polar surface area (TPSA) is 91.0 Å². The lowest BCUT2D eigenvalue weighted by atomic mass is 10.3. The molecule has 2 heterocycles. The number of hydrogen-bond donors (Lipinski definition) is 1. The van der Waals surface area contributed by atoms with E-state index < -0.39 is 12.0 Å². The third-order valence-electron chi connectivity index (χ3n) is 3.51. The normalized spacial score (nSPS) is 12.3. The zero-order chi connectivity index (χ0) is 18.7. The molecular formula is C16H22ClN5O3. The van der Waals surface area contributed by atoms with Gasteiger partial charge in [0.1, 0.15) is 6.04 Å². The van der Waals surface area contributed by atoms with Crippen molar-refractivity contribution in [3.63, 3.8) is 0 Å². The first-order valence-electron chi connectivity index (χ1n) is 8.03. The minimum Gasteiger partial charge on any atom is -0.458 e. The SMILES string of the molecule is CCn1cc(NC(=O)C(C)n2cc(Cl)c(C)n2)c(C(=O)OC(C)C)n1. The Bertz CT molecular complexity index is 761. The number of nitrogens with one attached hydrogen (secondary N) is 1. The minimum absolute atomic E-state index is 0.0748. The maximum absolute atomic E-state index is 12.5. The van der Waals surface area contributed by atoms with Crippen molar-refractivity contribution >= 4 is 29.2 Å². The molecule has 0 spiro atoms. The van der Waals surface area contributed by atoms with E-state index in [1.165, 1.54) is 4.68 Å². The smallest absolute Gasteiger partial charge is 0.361 e. The fraction of sp³-hybridized carbons (Fsp3) is 0.500. The van der Waals surface area contributed by atoms with Crippen molar-refractivity contribution in [1.29, 1.82) is 0 Å². The second-order valence-electron chi connectivity index (χ2n) is 5.91. The molecule has 0 fully saturated rings. The molecule has 1 N–H and O–H groups in total. The van der Waals surface area contributed by atoms with Gasteiger partial charge in [0, 0.05) is 18.9 Å². The number of anilines is 1. The van der Waals surface area contributed by atoms with Crippen LogP contribution in [-0.2, 0) is 16.1 Å². The number of esters is 1. The second-order valence-corrected chi connectivity index (χ2v) is 6.32. The number of aryl methyl sites for hydroxylation is 2. The van der Waals surface area contributed by atoms with Crippen molar-refractivity contribution in [2.75, 3.05) is 5.32 Å². The summed E-state index contributed by atoms with van der Waals surface area (Å²) >= 11 is 5.99. The maximum Gasteiger partial charge on any atom is 0.361 e. The number of carbonyl (C=O) groups excluding carboxylic acids is 2. The largest absolute Gasteiger partial charge is 0.458 e. The van der Waals surface area contributed by atoms with Crippen molar-refractivity contribution in [3.8, 4) is 0 Å². The predicted molar refractivity (Wildman–Crippen MR) is 93.8 cm³/mol. The van der Waals surface area contributed by atoms with Gasteiger partial charge in [0.2, 0.25) is 5.91 Å². The number of halogens is 1. The monoisotopic (exact) mass is 367 g/mol. The number of carbonyl (C=O) groups is 2. The number of nitrogens with zero attached hydrogens (tertiary/aromatic N) is 4. The molecule has 0 aliphatic heterocycles. The Morgan fingerprint density at radius 1 is 1.28 bits per heavy atom. The van der Waals surface area contributed by atoms with Crippen molar-refractivity contribution in [2.24, 2.45) is 0 Å². The van der Waals surface area contributed by atoms with E-state index in [9.17, 15) is 9.59 Å². The molecule has 25 heavy (non-hydrogen) atoms. The van der Waals surface area contributed by atoms with Crippen molar-refractivity contribution in [3.05, 3.63) is 28.8 Å². The molecule has 2 rings (SSSR count). The molecule has 0 aliphatic rings. The fourth-order valence-corrected chi connectivity index (χ4v) is 2.25. The van der Waals surface area contributed by atoms with Gasteiger partial charge in [-0.25, -0.2) is 4.79 Å². The van der Waals surface area contributed by atoms with Crippen molar-refractivity contribution in [1.82, 2.24) is 19.6 Å². The lowest BCUT2D eigenvalue weighted by Crippen LogP contribution is -2.25. The first-order chi connectivity index (χ1) is 11.7. The van der Waals surface area contributed by atoms with Crippen LogP contribution in [0.3, 0.4) is 0 Å². The quantitative estimate of drug-likeness (QED) is 0.793. The van der Waals surface area contributed by atoms with E-state index in [-0.39, 0.29) is 17.7 Å². The summed E-state index contributed by atoms with van der Waals surface area (Å²) in [5.41, 5.74) is 1.02. The van der Waals surface area contributed by atoms with E-state index in [1.807, 2.05) is 6.92 Å². The van der Waals surface area contributed by atoms with E-state index >= 15 is 0 Å². The molecular weight excluding hydrogens is 346 g/mol. The zero-order valence-electron chi connectivity index (χ0n) is 14.9. The van der Waals surface area contributed by atoms with Gasteiger partial charge in [-0.05, 0) is 34.6 Å². The third kappa shape index (κ3) is 4.39. The Balaban J connectivity index is 2.21. The lowest BCUT2D eigenvalue weighted by Gasteiger charge is -2.12. The molecule has 2 aromatic heterocycles. The van der Waals surface area contributed by atoms with Gasteiger partial charge >= 0.3 is 5.97 Å². The molecule has 1 atom stereocenters. The van der Waals surface area contributed by atoms with Crippen molar-refractivity contribution < 1.29 is 14.3 Å². The molecule has 0 bridgehead atoms. The van der Waals surface area contributed by atoms with Crippen LogP contribution in [0, 0.1) is 6.92 Å². The van der Waals surface area contributed by atoms with Gasteiger partial charge in [-0.15, -0.1) is 0 Å². The Kier molecular flexibility index (Phi) is 5.84. The van der Waals surface area contributed by atoms with Crippen LogP contribution in [0.5, 0.6) is 0 Å². The standard InChI is InChI=1S/C16H22ClN5O3/c1-6-21-8-13(14(20-21)16(24)25-9(2)3)18-15(23)11(5)22-7-12(17)10(4)19-22/h7-9,11H,6H2,1-5H3,(H,18,23). The number of ether oxygens (including phenoxy) is 1. The number of amides is 1. The van der Waals surface area contributed by atoms with Crippen LogP contribution in [0.1, 0.15) is 49.9 Å². The van der Waals surface area contributed by atoms with Crippen LogP contribution < -0.4 is 5.32 Å². The predicted octanol–water partition coefficient (Wildman–Crippen LogP) is 2.83. The van der Waals surface area contributed by atoms with Crippen LogP contribution in [0.15, 0.2) is 12.4 Å². The summed E-state index contributed by atoms with van der Waals surface area (Å²) in [7, 11) is 0. The van der Waals surface area contributed by atoms with Crippen LogP contribution in [0.25, 0.3) is 0 Å². The average molecular weight is 368 g/mol. The molecule has 2 aromatic rings. The van der Waals surface area contributed by atoms with E-state index in [0.29, 0.717) is 22.9 Å². The van der Waals surface area contributed by atoms with Crippen LogP contribution in [0.4, 0.5) is 5.69 Å². The second kappa shape index (κ2) is 7.69. The maximum atomic E-state index is 12.5. The van der Waals surface area contributed by atoms with Gasteiger partial charge in [0.05, 0.1) is 22.5 Å². The highest BCUT2D eigenvalue weighted by Gasteiger charge is 2.24. The van der Waals surface area contributed by atoms with E-state index in [2.05, 4.69) is 15.5 Å². The van der Waals surface area contributed by atoms with Gasteiger partial charge in [0.25, 0.3) is 0 Å². The Morgan fingerprint density at radius 2 is 1.96 bits per heavy atom. The average Bonchev–Trinajstić information content (AvgIpc) is 3.09. The number of hydrogen-bond acceptors (Lipinski definition) is 5. The fourth-order valence-electron chi connectivity index (χ4n) is 2.11. The summed E-state index contributed by atoms with van der Waals surface area (Å²) in [5.74, 6) is -0.920.